The molecular formula is C21H32N2O2. The molecule has 0 aromatic heterocycles. The summed E-state index contributed by atoms with van der Waals surface area (Å²) >= 11 is 0. The molecule has 138 valence electrons. The van der Waals surface area contributed by atoms with Crippen LogP contribution in [0, 0.1) is 11.8 Å². The molecule has 4 nitrogen and oxygen atoms in total. The van der Waals surface area contributed by atoms with E-state index in [-0.39, 0.29) is 0 Å². The van der Waals surface area contributed by atoms with Gasteiger partial charge in [0, 0.05) is 19.1 Å². The summed E-state index contributed by atoms with van der Waals surface area (Å²) in [6, 6.07) is 8.77. The SMILES string of the molecule is CCOc1ccc(C2CCCN2CC(=O)N2CC(C)CC(C)C2)cc1. The van der Waals surface area contributed by atoms with Crippen molar-refractivity contribution < 1.29 is 9.53 Å². The van der Waals surface area contributed by atoms with Gasteiger partial charge < -0.3 is 9.64 Å². The second kappa shape index (κ2) is 8.22. The predicted octanol–water partition coefficient (Wildman–Crippen LogP) is 3.73. The fourth-order valence-corrected chi connectivity index (χ4v) is 4.49. The minimum atomic E-state index is 0.302. The summed E-state index contributed by atoms with van der Waals surface area (Å²) in [5, 5.41) is 0. The maximum absolute atomic E-state index is 12.8. The van der Waals surface area contributed by atoms with Crippen LogP contribution in [-0.2, 0) is 4.79 Å². The van der Waals surface area contributed by atoms with Crippen LogP contribution in [0.25, 0.3) is 0 Å². The first-order chi connectivity index (χ1) is 12.1. The second-order valence-corrected chi connectivity index (χ2v) is 7.88. The molecule has 2 fully saturated rings. The number of benzene rings is 1. The van der Waals surface area contributed by atoms with Crippen LogP contribution in [0.15, 0.2) is 24.3 Å². The van der Waals surface area contributed by atoms with Gasteiger partial charge in [-0.15, -0.1) is 0 Å². The van der Waals surface area contributed by atoms with Crippen LogP contribution in [0.2, 0.25) is 0 Å². The Morgan fingerprint density at radius 2 is 1.84 bits per heavy atom. The zero-order valence-electron chi connectivity index (χ0n) is 15.9. The van der Waals surface area contributed by atoms with Crippen molar-refractivity contribution in [1.29, 1.82) is 0 Å². The molecular weight excluding hydrogens is 312 g/mol. The van der Waals surface area contributed by atoms with E-state index >= 15 is 0 Å². The van der Waals surface area contributed by atoms with Crippen molar-refractivity contribution in [3.63, 3.8) is 0 Å². The lowest BCUT2D eigenvalue weighted by atomic mass is 9.92. The number of carbonyl (C=O) groups excluding carboxylic acids is 1. The number of hydrogen-bond acceptors (Lipinski definition) is 3. The Labute approximate surface area is 152 Å². The molecule has 0 aliphatic carbocycles. The van der Waals surface area contributed by atoms with Crippen LogP contribution in [0.1, 0.15) is 51.6 Å². The molecule has 2 aliphatic rings. The van der Waals surface area contributed by atoms with E-state index in [1.54, 1.807) is 0 Å². The van der Waals surface area contributed by atoms with Gasteiger partial charge in [-0.25, -0.2) is 0 Å². The maximum atomic E-state index is 12.8. The minimum Gasteiger partial charge on any atom is -0.494 e. The van der Waals surface area contributed by atoms with Gasteiger partial charge in [0.25, 0.3) is 0 Å². The van der Waals surface area contributed by atoms with E-state index in [1.165, 1.54) is 12.0 Å². The standard InChI is InChI=1S/C21H32N2O2/c1-4-25-19-9-7-18(8-10-19)20-6-5-11-22(20)15-21(24)23-13-16(2)12-17(3)14-23/h7-10,16-17,20H,4-6,11-15H2,1-3H3. The van der Waals surface area contributed by atoms with Crippen LogP contribution in [0.4, 0.5) is 0 Å². The fraction of sp³-hybridized carbons (Fsp3) is 0.667. The van der Waals surface area contributed by atoms with Crippen molar-refractivity contribution in [3.05, 3.63) is 29.8 Å². The Bertz CT molecular complexity index is 562. The van der Waals surface area contributed by atoms with E-state index in [4.69, 9.17) is 4.74 Å². The Morgan fingerprint density at radius 3 is 2.48 bits per heavy atom. The molecule has 3 rings (SSSR count). The zero-order valence-corrected chi connectivity index (χ0v) is 15.9. The van der Waals surface area contributed by atoms with Gasteiger partial charge in [0.05, 0.1) is 13.2 Å². The minimum absolute atomic E-state index is 0.302. The van der Waals surface area contributed by atoms with Crippen LogP contribution in [0.5, 0.6) is 5.75 Å². The Hall–Kier alpha value is -1.55. The second-order valence-electron chi connectivity index (χ2n) is 7.88. The normalized spacial score (nSPS) is 27.5. The maximum Gasteiger partial charge on any atom is 0.236 e. The van der Waals surface area contributed by atoms with Gasteiger partial charge in [0.15, 0.2) is 0 Å². The molecule has 4 heteroatoms. The highest BCUT2D eigenvalue weighted by atomic mass is 16.5. The number of amides is 1. The molecule has 2 heterocycles. The Morgan fingerprint density at radius 1 is 1.16 bits per heavy atom. The molecule has 0 radical (unpaired) electrons. The molecule has 0 N–H and O–H groups in total. The number of hydrogen-bond donors (Lipinski definition) is 0. The van der Waals surface area contributed by atoms with Gasteiger partial charge in [0.2, 0.25) is 5.91 Å². The van der Waals surface area contributed by atoms with Crippen molar-refractivity contribution in [2.24, 2.45) is 11.8 Å². The molecule has 1 aromatic rings. The van der Waals surface area contributed by atoms with E-state index < -0.39 is 0 Å². The number of likely N-dealkylation sites (tertiary alicyclic amines) is 2. The van der Waals surface area contributed by atoms with Crippen molar-refractivity contribution >= 4 is 5.91 Å². The molecule has 0 bridgehead atoms. The van der Waals surface area contributed by atoms with Crippen molar-refractivity contribution in [3.8, 4) is 5.75 Å². The largest absolute Gasteiger partial charge is 0.494 e. The third-order valence-corrected chi connectivity index (χ3v) is 5.50. The van der Waals surface area contributed by atoms with E-state index in [9.17, 15) is 4.79 Å². The lowest BCUT2D eigenvalue weighted by Gasteiger charge is -2.36. The summed E-state index contributed by atoms with van der Waals surface area (Å²) in [4.78, 5) is 17.3. The highest BCUT2D eigenvalue weighted by Gasteiger charge is 2.31. The quantitative estimate of drug-likeness (QED) is 0.816. The monoisotopic (exact) mass is 344 g/mol. The first-order valence-corrected chi connectivity index (χ1v) is 9.81. The van der Waals surface area contributed by atoms with Crippen LogP contribution < -0.4 is 4.74 Å². The van der Waals surface area contributed by atoms with Crippen molar-refractivity contribution in [2.75, 3.05) is 32.8 Å². The van der Waals surface area contributed by atoms with Gasteiger partial charge in [-0.2, -0.15) is 0 Å². The topological polar surface area (TPSA) is 32.8 Å². The first kappa shape index (κ1) is 18.2. The Balaban J connectivity index is 1.62. The van der Waals surface area contributed by atoms with Gasteiger partial charge in [-0.3, -0.25) is 9.69 Å². The number of piperidine rings is 1. The highest BCUT2D eigenvalue weighted by Crippen LogP contribution is 2.33. The summed E-state index contributed by atoms with van der Waals surface area (Å²) in [5.41, 5.74) is 1.30. The van der Waals surface area contributed by atoms with E-state index in [0.717, 1.165) is 38.2 Å². The van der Waals surface area contributed by atoms with Crippen LogP contribution in [-0.4, -0.2) is 48.5 Å². The summed E-state index contributed by atoms with van der Waals surface area (Å²) in [5.74, 6) is 2.46. The smallest absolute Gasteiger partial charge is 0.236 e. The molecule has 0 saturated carbocycles. The molecule has 3 atom stereocenters. The summed E-state index contributed by atoms with van der Waals surface area (Å²) in [6.45, 7) is 10.6. The number of nitrogens with zero attached hydrogens (tertiary/aromatic N) is 2. The molecule has 1 amide bonds. The fourth-order valence-electron chi connectivity index (χ4n) is 4.49. The molecule has 2 saturated heterocycles. The number of rotatable bonds is 5. The molecule has 0 spiro atoms. The summed E-state index contributed by atoms with van der Waals surface area (Å²) in [6.07, 6.45) is 3.54. The average molecular weight is 344 g/mol. The zero-order chi connectivity index (χ0) is 17.8. The van der Waals surface area contributed by atoms with Gasteiger partial charge in [0.1, 0.15) is 5.75 Å². The highest BCUT2D eigenvalue weighted by molar-refractivity contribution is 5.78. The lowest BCUT2D eigenvalue weighted by Crippen LogP contribution is -2.46. The Kier molecular flexibility index (Phi) is 6.00. The van der Waals surface area contributed by atoms with Crippen LogP contribution >= 0.6 is 0 Å². The van der Waals surface area contributed by atoms with Gasteiger partial charge in [-0.1, -0.05) is 26.0 Å². The first-order valence-electron chi connectivity index (χ1n) is 9.81. The van der Waals surface area contributed by atoms with Crippen LogP contribution in [0.3, 0.4) is 0 Å². The third-order valence-electron chi connectivity index (χ3n) is 5.50. The average Bonchev–Trinajstić information content (AvgIpc) is 3.03. The van der Waals surface area contributed by atoms with Gasteiger partial charge >= 0.3 is 0 Å². The number of ether oxygens (including phenoxy) is 1. The van der Waals surface area contributed by atoms with Crippen molar-refractivity contribution in [2.45, 2.75) is 46.1 Å². The van der Waals surface area contributed by atoms with Crippen molar-refractivity contribution in [1.82, 2.24) is 9.80 Å². The third kappa shape index (κ3) is 4.55. The molecule has 25 heavy (non-hydrogen) atoms. The van der Waals surface area contributed by atoms with E-state index in [1.807, 2.05) is 19.1 Å². The molecule has 3 unspecified atom stereocenters. The number of carbonyl (C=O) groups is 1. The summed E-state index contributed by atoms with van der Waals surface area (Å²) < 4.78 is 5.54. The summed E-state index contributed by atoms with van der Waals surface area (Å²) in [7, 11) is 0. The van der Waals surface area contributed by atoms with Gasteiger partial charge in [-0.05, 0) is 62.3 Å². The molecule has 1 aromatic carbocycles. The van der Waals surface area contributed by atoms with E-state index in [0.29, 0.717) is 36.9 Å². The predicted molar refractivity (Wildman–Crippen MR) is 101 cm³/mol. The van der Waals surface area contributed by atoms with E-state index in [2.05, 4.69) is 35.8 Å². The lowest BCUT2D eigenvalue weighted by molar-refractivity contribution is -0.135. The molecule has 2 aliphatic heterocycles.